The van der Waals surface area contributed by atoms with Crippen molar-refractivity contribution in [2.45, 2.75) is 32.9 Å². The van der Waals surface area contributed by atoms with Crippen molar-refractivity contribution in [3.8, 4) is 0 Å². The maximum atomic E-state index is 12.6. The molecule has 1 fully saturated rings. The molecule has 2 amide bonds. The summed E-state index contributed by atoms with van der Waals surface area (Å²) < 4.78 is 1.13. The minimum Gasteiger partial charge on any atom is -0.339 e. The normalized spacial score (nSPS) is 18.2. The molecule has 23 heavy (non-hydrogen) atoms. The highest BCUT2D eigenvalue weighted by Gasteiger charge is 2.36. The Morgan fingerprint density at radius 1 is 1.43 bits per heavy atom. The van der Waals surface area contributed by atoms with Crippen molar-refractivity contribution in [2.75, 3.05) is 13.6 Å². The van der Waals surface area contributed by atoms with Gasteiger partial charge in [-0.05, 0) is 26.0 Å². The van der Waals surface area contributed by atoms with Gasteiger partial charge in [-0.15, -0.1) is 11.3 Å². The number of rotatable bonds is 4. The van der Waals surface area contributed by atoms with Gasteiger partial charge in [0.1, 0.15) is 5.01 Å². The van der Waals surface area contributed by atoms with Crippen LogP contribution >= 0.6 is 11.3 Å². The van der Waals surface area contributed by atoms with Gasteiger partial charge >= 0.3 is 0 Å². The van der Waals surface area contributed by atoms with E-state index in [4.69, 9.17) is 0 Å². The molecule has 1 aromatic carbocycles. The first-order valence-electron chi connectivity index (χ1n) is 7.84. The summed E-state index contributed by atoms with van der Waals surface area (Å²) in [5, 5.41) is 0.923. The van der Waals surface area contributed by atoms with Gasteiger partial charge in [-0.1, -0.05) is 12.1 Å². The largest absolute Gasteiger partial charge is 0.339 e. The van der Waals surface area contributed by atoms with Gasteiger partial charge < -0.3 is 9.80 Å². The van der Waals surface area contributed by atoms with Gasteiger partial charge in [0.25, 0.3) is 0 Å². The second-order valence-electron chi connectivity index (χ2n) is 6.31. The molecule has 5 nitrogen and oxygen atoms in total. The lowest BCUT2D eigenvalue weighted by Gasteiger charge is -2.22. The second-order valence-corrected chi connectivity index (χ2v) is 7.43. The van der Waals surface area contributed by atoms with Gasteiger partial charge in [-0.25, -0.2) is 4.98 Å². The monoisotopic (exact) mass is 331 g/mol. The zero-order valence-electron chi connectivity index (χ0n) is 13.7. The highest BCUT2D eigenvalue weighted by atomic mass is 32.1. The Morgan fingerprint density at radius 2 is 2.17 bits per heavy atom. The summed E-state index contributed by atoms with van der Waals surface area (Å²) >= 11 is 1.61. The van der Waals surface area contributed by atoms with Gasteiger partial charge in [-0.3, -0.25) is 9.59 Å². The number of amides is 2. The molecule has 0 unspecified atom stereocenters. The minimum atomic E-state index is -0.232. The maximum absolute atomic E-state index is 12.6. The number of aromatic nitrogens is 1. The first kappa shape index (κ1) is 15.9. The Balaban J connectivity index is 1.67. The Hall–Kier alpha value is -1.95. The lowest BCUT2D eigenvalue weighted by atomic mass is 10.1. The number of para-hydroxylation sites is 1. The number of hydrogen-bond donors (Lipinski definition) is 0. The van der Waals surface area contributed by atoms with Crippen molar-refractivity contribution in [1.82, 2.24) is 14.8 Å². The molecule has 2 aromatic rings. The lowest BCUT2D eigenvalue weighted by Crippen LogP contribution is -2.36. The summed E-state index contributed by atoms with van der Waals surface area (Å²) in [6.07, 6.45) is 0.321. The van der Waals surface area contributed by atoms with E-state index in [9.17, 15) is 9.59 Å². The number of fused-ring (bicyclic) bond motifs is 1. The molecular formula is C17H21N3O2S. The Labute approximate surface area is 139 Å². The first-order valence-corrected chi connectivity index (χ1v) is 8.66. The molecule has 0 saturated carbocycles. The minimum absolute atomic E-state index is 0.0285. The summed E-state index contributed by atoms with van der Waals surface area (Å²) in [7, 11) is 1.79. The second kappa shape index (κ2) is 6.28. The van der Waals surface area contributed by atoms with Crippen molar-refractivity contribution in [3.05, 3.63) is 29.3 Å². The van der Waals surface area contributed by atoms with E-state index >= 15 is 0 Å². The predicted molar refractivity (Wildman–Crippen MR) is 91.1 cm³/mol. The Bertz CT molecular complexity index is 707. The van der Waals surface area contributed by atoms with Crippen LogP contribution in [0.3, 0.4) is 0 Å². The molecule has 122 valence electrons. The fourth-order valence-corrected chi connectivity index (χ4v) is 4.00. The number of carbonyl (C=O) groups is 2. The van der Waals surface area contributed by atoms with Crippen LogP contribution in [0.15, 0.2) is 24.3 Å². The molecule has 1 aliphatic rings. The molecule has 1 aromatic heterocycles. The number of likely N-dealkylation sites (tertiary alicyclic amines) is 1. The van der Waals surface area contributed by atoms with E-state index in [1.807, 2.05) is 38.1 Å². The van der Waals surface area contributed by atoms with Crippen molar-refractivity contribution in [3.63, 3.8) is 0 Å². The Kier molecular flexibility index (Phi) is 4.35. The zero-order valence-corrected chi connectivity index (χ0v) is 14.5. The fourth-order valence-electron chi connectivity index (χ4n) is 2.98. The van der Waals surface area contributed by atoms with Gasteiger partial charge in [-0.2, -0.15) is 0 Å². The van der Waals surface area contributed by atoms with Crippen LogP contribution in [0.5, 0.6) is 0 Å². The van der Waals surface area contributed by atoms with E-state index in [-0.39, 0.29) is 23.8 Å². The molecule has 0 radical (unpaired) electrons. The highest BCUT2D eigenvalue weighted by Crippen LogP contribution is 2.25. The van der Waals surface area contributed by atoms with E-state index < -0.39 is 0 Å². The number of nitrogens with zero attached hydrogens (tertiary/aromatic N) is 3. The van der Waals surface area contributed by atoms with E-state index in [0.29, 0.717) is 19.5 Å². The Morgan fingerprint density at radius 3 is 2.83 bits per heavy atom. The number of thiazole rings is 1. The topological polar surface area (TPSA) is 53.5 Å². The van der Waals surface area contributed by atoms with Crippen molar-refractivity contribution in [1.29, 1.82) is 0 Å². The number of carbonyl (C=O) groups excluding carboxylic acids is 2. The average Bonchev–Trinajstić information content (AvgIpc) is 3.09. The molecule has 1 atom stereocenters. The van der Waals surface area contributed by atoms with Crippen LogP contribution in [-0.4, -0.2) is 46.2 Å². The third-order valence-electron chi connectivity index (χ3n) is 4.22. The molecule has 0 N–H and O–H groups in total. The third-order valence-corrected chi connectivity index (χ3v) is 5.24. The van der Waals surface area contributed by atoms with Crippen molar-refractivity contribution >= 4 is 33.4 Å². The summed E-state index contributed by atoms with van der Waals surface area (Å²) in [5.41, 5.74) is 0.968. The molecule has 3 rings (SSSR count). The quantitative estimate of drug-likeness (QED) is 0.865. The van der Waals surface area contributed by atoms with Crippen molar-refractivity contribution < 1.29 is 9.59 Å². The van der Waals surface area contributed by atoms with Gasteiger partial charge in [0, 0.05) is 26.1 Å². The lowest BCUT2D eigenvalue weighted by molar-refractivity contribution is -0.135. The summed E-state index contributed by atoms with van der Waals surface area (Å²) in [6, 6.07) is 8.12. The standard InChI is InChI=1S/C17H21N3O2S/c1-11(2)20-9-12(8-16(20)21)17(22)19(3)10-15-18-13-6-4-5-7-14(13)23-15/h4-7,11-12H,8-10H2,1-3H3/t12-/m1/s1. The number of hydrogen-bond acceptors (Lipinski definition) is 4. The van der Waals surface area contributed by atoms with E-state index in [1.165, 1.54) is 0 Å². The van der Waals surface area contributed by atoms with Crippen molar-refractivity contribution in [2.24, 2.45) is 5.92 Å². The highest BCUT2D eigenvalue weighted by molar-refractivity contribution is 7.18. The van der Waals surface area contributed by atoms with E-state index in [1.54, 1.807) is 28.2 Å². The van der Waals surface area contributed by atoms with Crippen LogP contribution < -0.4 is 0 Å². The van der Waals surface area contributed by atoms with Crippen LogP contribution in [0.25, 0.3) is 10.2 Å². The van der Waals surface area contributed by atoms with Gasteiger partial charge in [0.2, 0.25) is 11.8 Å². The van der Waals surface area contributed by atoms with Crippen LogP contribution in [-0.2, 0) is 16.1 Å². The molecule has 0 aliphatic carbocycles. The smallest absolute Gasteiger partial charge is 0.228 e. The van der Waals surface area contributed by atoms with Crippen LogP contribution in [0.4, 0.5) is 0 Å². The molecule has 2 heterocycles. The SMILES string of the molecule is CC(C)N1C[C@H](C(=O)N(C)Cc2nc3ccccc3s2)CC1=O. The van der Waals surface area contributed by atoms with Gasteiger partial charge in [0.05, 0.1) is 22.7 Å². The molecule has 0 spiro atoms. The van der Waals surface area contributed by atoms with Gasteiger partial charge in [0.15, 0.2) is 0 Å². The van der Waals surface area contributed by atoms with Crippen LogP contribution in [0.1, 0.15) is 25.3 Å². The molecule has 1 aliphatic heterocycles. The molecule has 0 bridgehead atoms. The maximum Gasteiger partial charge on any atom is 0.228 e. The third kappa shape index (κ3) is 3.22. The zero-order chi connectivity index (χ0) is 16.6. The van der Waals surface area contributed by atoms with Crippen LogP contribution in [0, 0.1) is 5.92 Å². The first-order chi connectivity index (χ1) is 11.0. The molecule has 1 saturated heterocycles. The number of benzene rings is 1. The predicted octanol–water partition coefficient (Wildman–Crippen LogP) is 2.51. The molecule has 6 heteroatoms. The van der Waals surface area contributed by atoms with E-state index in [0.717, 1.165) is 15.2 Å². The molecular weight excluding hydrogens is 310 g/mol. The summed E-state index contributed by atoms with van der Waals surface area (Å²) in [4.78, 5) is 32.6. The summed E-state index contributed by atoms with van der Waals surface area (Å²) in [5.74, 6) is -0.128. The average molecular weight is 331 g/mol. The van der Waals surface area contributed by atoms with Crippen LogP contribution in [0.2, 0.25) is 0 Å². The van der Waals surface area contributed by atoms with E-state index in [2.05, 4.69) is 4.98 Å². The summed E-state index contributed by atoms with van der Waals surface area (Å²) in [6.45, 7) is 4.98. The fraction of sp³-hybridized carbons (Fsp3) is 0.471.